The van der Waals surface area contributed by atoms with Crippen molar-refractivity contribution in [3.8, 4) is 0 Å². The Balaban J connectivity index is 2.05. The summed E-state index contributed by atoms with van der Waals surface area (Å²) >= 11 is 0. The average molecular weight is 286 g/mol. The highest BCUT2D eigenvalue weighted by Crippen LogP contribution is 2.13. The molecule has 7 nitrogen and oxygen atoms in total. The molecule has 1 aromatic carbocycles. The molecule has 110 valence electrons. The number of rotatable bonds is 2. The second-order valence-electron chi connectivity index (χ2n) is 6.07. The van der Waals surface area contributed by atoms with Crippen LogP contribution in [0.5, 0.6) is 0 Å². The topological polar surface area (TPSA) is 70.5 Å². The highest BCUT2D eigenvalue weighted by Gasteiger charge is 2.18. The molecule has 0 saturated heterocycles. The molecule has 0 spiro atoms. The van der Waals surface area contributed by atoms with Gasteiger partial charge in [0, 0.05) is 7.05 Å². The molecule has 2 heterocycles. The van der Waals surface area contributed by atoms with Gasteiger partial charge in [-0.3, -0.25) is 14.2 Å². The van der Waals surface area contributed by atoms with Crippen molar-refractivity contribution in [2.24, 2.45) is 7.05 Å². The molecule has 0 aliphatic heterocycles. The highest BCUT2D eigenvalue weighted by molar-refractivity contribution is 5.78. The van der Waals surface area contributed by atoms with E-state index >= 15 is 0 Å². The maximum atomic E-state index is 12.2. The third-order valence-electron chi connectivity index (χ3n) is 3.41. The first-order valence-corrected chi connectivity index (χ1v) is 6.82. The minimum Gasteiger partial charge on any atom is -0.274 e. The summed E-state index contributed by atoms with van der Waals surface area (Å²) in [5.74, 6) is 0.585. The average Bonchev–Trinajstić information content (AvgIpc) is 2.99. The molecular weight excluding hydrogens is 268 g/mol. The van der Waals surface area contributed by atoms with Gasteiger partial charge in [0.2, 0.25) is 0 Å². The van der Waals surface area contributed by atoms with E-state index in [-0.39, 0.29) is 11.1 Å². The van der Waals surface area contributed by atoms with Gasteiger partial charge in [-0.25, -0.2) is 0 Å². The number of para-hydroxylation sites is 1. The summed E-state index contributed by atoms with van der Waals surface area (Å²) in [6.45, 7) is 6.45. The van der Waals surface area contributed by atoms with E-state index in [0.29, 0.717) is 17.8 Å². The van der Waals surface area contributed by atoms with E-state index in [4.69, 9.17) is 0 Å². The summed E-state index contributed by atoms with van der Waals surface area (Å²) in [5.41, 5.74) is 0.640. The highest BCUT2D eigenvalue weighted by atomic mass is 16.1. The summed E-state index contributed by atoms with van der Waals surface area (Å²) in [7, 11) is 1.75. The molecule has 7 heteroatoms. The lowest BCUT2D eigenvalue weighted by atomic mass is 10.1. The van der Waals surface area contributed by atoms with Gasteiger partial charge in [-0.1, -0.05) is 12.1 Å². The summed E-state index contributed by atoms with van der Waals surface area (Å²) < 4.78 is 3.45. The number of fused-ring (bicyclic) bond motifs is 1. The maximum Gasteiger partial charge on any atom is 0.274 e. The fourth-order valence-corrected chi connectivity index (χ4v) is 2.24. The van der Waals surface area contributed by atoms with Crippen LogP contribution in [0, 0.1) is 0 Å². The van der Waals surface area contributed by atoms with Crippen molar-refractivity contribution >= 4 is 10.9 Å². The Morgan fingerprint density at radius 2 is 1.90 bits per heavy atom. The van der Waals surface area contributed by atoms with Crippen molar-refractivity contribution < 1.29 is 0 Å². The van der Waals surface area contributed by atoms with Crippen LogP contribution in [-0.2, 0) is 19.1 Å². The zero-order valence-electron chi connectivity index (χ0n) is 12.6. The number of aromatic nitrogens is 6. The number of hydrogen-bond donors (Lipinski definition) is 0. The van der Waals surface area contributed by atoms with E-state index in [0.717, 1.165) is 5.52 Å². The number of benzene rings is 1. The molecule has 2 aromatic heterocycles. The molecule has 0 N–H and O–H groups in total. The molecule has 3 rings (SSSR count). The van der Waals surface area contributed by atoms with Crippen LogP contribution < -0.4 is 5.56 Å². The van der Waals surface area contributed by atoms with Crippen LogP contribution in [0.15, 0.2) is 29.1 Å². The molecule has 3 aromatic rings. The van der Waals surface area contributed by atoms with E-state index in [1.54, 1.807) is 16.5 Å². The minimum absolute atomic E-state index is 0.0196. The van der Waals surface area contributed by atoms with Crippen LogP contribution in [0.1, 0.15) is 26.6 Å². The van der Waals surface area contributed by atoms with E-state index in [1.165, 1.54) is 0 Å². The lowest BCUT2D eigenvalue weighted by Gasteiger charge is -2.15. The van der Waals surface area contributed by atoms with Gasteiger partial charge in [-0.15, -0.1) is 10.2 Å². The molecule has 0 amide bonds. The van der Waals surface area contributed by atoms with Crippen molar-refractivity contribution in [1.29, 1.82) is 0 Å². The lowest BCUT2D eigenvalue weighted by Crippen LogP contribution is -2.25. The number of hydrogen-bond acceptors (Lipinski definition) is 4. The van der Waals surface area contributed by atoms with Crippen molar-refractivity contribution in [3.05, 3.63) is 40.4 Å². The molecule has 21 heavy (non-hydrogen) atoms. The van der Waals surface area contributed by atoms with Gasteiger partial charge in [-0.05, 0) is 38.1 Å². The first kappa shape index (κ1) is 13.5. The summed E-state index contributed by atoms with van der Waals surface area (Å²) in [4.78, 5) is 13.8. The predicted molar refractivity (Wildman–Crippen MR) is 79.1 cm³/mol. The summed E-state index contributed by atoms with van der Waals surface area (Å²) in [6, 6.07) is 7.53. The van der Waals surface area contributed by atoms with Crippen molar-refractivity contribution in [1.82, 2.24) is 29.6 Å². The van der Waals surface area contributed by atoms with Gasteiger partial charge in [0.1, 0.15) is 6.54 Å². The van der Waals surface area contributed by atoms with Crippen molar-refractivity contribution in [2.75, 3.05) is 0 Å². The SMILES string of the molecule is Cn1c(=O)c2ccccc2n1Cc1nnn(C(C)(C)C)n1. The van der Waals surface area contributed by atoms with Crippen molar-refractivity contribution in [3.63, 3.8) is 0 Å². The van der Waals surface area contributed by atoms with E-state index in [2.05, 4.69) is 15.4 Å². The van der Waals surface area contributed by atoms with Gasteiger partial charge < -0.3 is 0 Å². The molecule has 0 aliphatic rings. The van der Waals surface area contributed by atoms with Gasteiger partial charge in [0.25, 0.3) is 5.56 Å². The third-order valence-corrected chi connectivity index (χ3v) is 3.41. The molecule has 0 unspecified atom stereocenters. The first-order valence-electron chi connectivity index (χ1n) is 6.82. The van der Waals surface area contributed by atoms with E-state index in [1.807, 2.05) is 49.7 Å². The summed E-state index contributed by atoms with van der Waals surface area (Å²) in [6.07, 6.45) is 0. The molecule has 0 fully saturated rings. The normalized spacial score (nSPS) is 12.2. The largest absolute Gasteiger partial charge is 0.274 e. The molecular formula is C14H18N6O. The van der Waals surface area contributed by atoms with Crippen molar-refractivity contribution in [2.45, 2.75) is 32.9 Å². The quantitative estimate of drug-likeness (QED) is 0.708. The summed E-state index contributed by atoms with van der Waals surface area (Å²) in [5, 5.41) is 13.2. The van der Waals surface area contributed by atoms with Crippen LogP contribution in [-0.4, -0.2) is 29.6 Å². The van der Waals surface area contributed by atoms with E-state index in [9.17, 15) is 4.79 Å². The zero-order valence-corrected chi connectivity index (χ0v) is 12.6. The van der Waals surface area contributed by atoms with Crippen LogP contribution in [0.25, 0.3) is 10.9 Å². The molecule has 0 atom stereocenters. The van der Waals surface area contributed by atoms with Crippen LogP contribution in [0.3, 0.4) is 0 Å². The fourth-order valence-electron chi connectivity index (χ4n) is 2.24. The third kappa shape index (κ3) is 2.24. The van der Waals surface area contributed by atoms with Gasteiger partial charge in [-0.2, -0.15) is 4.80 Å². The minimum atomic E-state index is -0.212. The van der Waals surface area contributed by atoms with Crippen LogP contribution in [0.2, 0.25) is 0 Å². The van der Waals surface area contributed by atoms with E-state index < -0.39 is 0 Å². The molecule has 0 radical (unpaired) electrons. The van der Waals surface area contributed by atoms with Gasteiger partial charge >= 0.3 is 0 Å². The Hall–Kier alpha value is -2.44. The fraction of sp³-hybridized carbons (Fsp3) is 0.429. The zero-order chi connectivity index (χ0) is 15.2. The Labute approximate surface area is 121 Å². The Kier molecular flexibility index (Phi) is 2.93. The monoisotopic (exact) mass is 286 g/mol. The van der Waals surface area contributed by atoms with Gasteiger partial charge in [0.05, 0.1) is 16.4 Å². The Morgan fingerprint density at radius 1 is 1.19 bits per heavy atom. The lowest BCUT2D eigenvalue weighted by molar-refractivity contribution is 0.305. The Morgan fingerprint density at radius 3 is 2.57 bits per heavy atom. The smallest absolute Gasteiger partial charge is 0.274 e. The van der Waals surface area contributed by atoms with Gasteiger partial charge in [0.15, 0.2) is 5.82 Å². The second kappa shape index (κ2) is 4.54. The standard InChI is InChI=1S/C14H18N6O/c1-14(2,3)20-16-12(15-17-20)9-19-11-8-6-5-7-10(11)13(21)18(19)4/h5-8H,9H2,1-4H3. The maximum absolute atomic E-state index is 12.2. The Bertz CT molecular complexity index is 848. The molecule has 0 saturated carbocycles. The number of tetrazole rings is 1. The number of nitrogens with zero attached hydrogens (tertiary/aromatic N) is 6. The van der Waals surface area contributed by atoms with Crippen LogP contribution in [0.4, 0.5) is 0 Å². The predicted octanol–water partition coefficient (Wildman–Crippen LogP) is 1.13. The molecule has 0 aliphatic carbocycles. The first-order chi connectivity index (χ1) is 9.88. The second-order valence-corrected chi connectivity index (χ2v) is 6.07. The molecule has 0 bridgehead atoms. The van der Waals surface area contributed by atoms with Crippen LogP contribution >= 0.6 is 0 Å².